The summed E-state index contributed by atoms with van der Waals surface area (Å²) < 4.78 is 25.4. The van der Waals surface area contributed by atoms with Crippen LogP contribution < -0.4 is 5.32 Å². The molecule has 1 saturated heterocycles. The van der Waals surface area contributed by atoms with Gasteiger partial charge in [-0.3, -0.25) is 0 Å². The van der Waals surface area contributed by atoms with Gasteiger partial charge in [-0.25, -0.2) is 13.2 Å². The smallest absolute Gasteiger partial charge is 0.407 e. The van der Waals surface area contributed by atoms with Gasteiger partial charge in [0.2, 0.25) is 0 Å². The number of anilines is 1. The molecule has 1 amide bonds. The number of nitrogens with zero attached hydrogens (tertiary/aromatic N) is 3. The number of carbonyl (C=O) groups is 1. The van der Waals surface area contributed by atoms with Crippen molar-refractivity contribution in [3.63, 3.8) is 0 Å². The van der Waals surface area contributed by atoms with Crippen LogP contribution in [0.3, 0.4) is 0 Å². The Morgan fingerprint density at radius 3 is 2.30 bits per heavy atom. The van der Waals surface area contributed by atoms with Crippen molar-refractivity contribution in [1.29, 1.82) is 0 Å². The zero-order valence-corrected chi connectivity index (χ0v) is 16.1. The summed E-state index contributed by atoms with van der Waals surface area (Å²) in [6.07, 6.45) is 5.41. The summed E-state index contributed by atoms with van der Waals surface area (Å²) in [5.74, 6) is 1.35. The molecule has 8 nitrogen and oxygen atoms in total. The van der Waals surface area contributed by atoms with E-state index in [2.05, 4.69) is 15.5 Å². The number of rotatable bonds is 4. The number of aromatic nitrogens is 2. The quantitative estimate of drug-likeness (QED) is 0.806. The van der Waals surface area contributed by atoms with Crippen LogP contribution in [0, 0.1) is 11.8 Å². The van der Waals surface area contributed by atoms with Crippen LogP contribution in [0.1, 0.15) is 44.9 Å². The number of fused-ring (bicyclic) bond motifs is 1. The average molecular weight is 394 g/mol. The Morgan fingerprint density at radius 2 is 1.74 bits per heavy atom. The Labute approximate surface area is 159 Å². The number of nitrogens with one attached hydrogen (secondary N) is 1. The van der Waals surface area contributed by atoms with Gasteiger partial charge in [-0.15, -0.1) is 10.2 Å². The highest BCUT2D eigenvalue weighted by Crippen LogP contribution is 2.39. The number of hydrogen-bond donors (Lipinski definition) is 2. The van der Waals surface area contributed by atoms with Gasteiger partial charge in [0.15, 0.2) is 14.9 Å². The molecule has 0 radical (unpaired) electrons. The first kappa shape index (κ1) is 18.5. The SMILES string of the molecule is O=C(O)N1C[C@H]2CC(Nc3ccc(S(=O)(=O)C4CCCCC4)nn3)C[C@H]2C1. The topological polar surface area (TPSA) is 112 Å². The van der Waals surface area contributed by atoms with Gasteiger partial charge in [0.1, 0.15) is 5.82 Å². The third-order valence-electron chi connectivity index (χ3n) is 6.30. The number of likely N-dealkylation sites (tertiary alicyclic amines) is 1. The van der Waals surface area contributed by atoms with Gasteiger partial charge in [0.25, 0.3) is 0 Å². The molecule has 3 fully saturated rings. The highest BCUT2D eigenvalue weighted by molar-refractivity contribution is 7.92. The largest absolute Gasteiger partial charge is 0.465 e. The third-order valence-corrected chi connectivity index (χ3v) is 8.45. The zero-order valence-electron chi connectivity index (χ0n) is 15.2. The van der Waals surface area contributed by atoms with Gasteiger partial charge in [-0.1, -0.05) is 19.3 Å². The first-order valence-electron chi connectivity index (χ1n) is 9.75. The van der Waals surface area contributed by atoms with Gasteiger partial charge >= 0.3 is 6.09 Å². The number of amides is 1. The van der Waals surface area contributed by atoms with Gasteiger partial charge in [-0.05, 0) is 49.7 Å². The predicted molar refractivity (Wildman–Crippen MR) is 99.3 cm³/mol. The summed E-state index contributed by atoms with van der Waals surface area (Å²) in [6, 6.07) is 3.48. The first-order chi connectivity index (χ1) is 12.9. The molecule has 3 atom stereocenters. The molecular formula is C18H26N4O4S. The second-order valence-corrected chi connectivity index (χ2v) is 10.3. The molecule has 0 spiro atoms. The summed E-state index contributed by atoms with van der Waals surface area (Å²) in [5, 5.41) is 20.3. The molecule has 2 heterocycles. The van der Waals surface area contributed by atoms with E-state index in [1.807, 2.05) is 0 Å². The van der Waals surface area contributed by atoms with Crippen LogP contribution in [0.4, 0.5) is 10.6 Å². The van der Waals surface area contributed by atoms with Crippen molar-refractivity contribution >= 4 is 21.7 Å². The Hall–Kier alpha value is -1.90. The average Bonchev–Trinajstić information content (AvgIpc) is 3.21. The van der Waals surface area contributed by atoms with E-state index in [9.17, 15) is 13.2 Å². The van der Waals surface area contributed by atoms with E-state index in [0.29, 0.717) is 43.6 Å². The molecular weight excluding hydrogens is 368 g/mol. The predicted octanol–water partition coefficient (Wildman–Crippen LogP) is 2.38. The molecule has 27 heavy (non-hydrogen) atoms. The van der Waals surface area contributed by atoms with Crippen molar-refractivity contribution in [2.24, 2.45) is 11.8 Å². The van der Waals surface area contributed by atoms with Crippen molar-refractivity contribution in [1.82, 2.24) is 15.1 Å². The lowest BCUT2D eigenvalue weighted by atomic mass is 10.0. The lowest BCUT2D eigenvalue weighted by Crippen LogP contribution is -2.29. The van der Waals surface area contributed by atoms with Crippen LogP contribution in [0.5, 0.6) is 0 Å². The molecule has 148 valence electrons. The van der Waals surface area contributed by atoms with E-state index in [0.717, 1.165) is 32.1 Å². The van der Waals surface area contributed by atoms with Crippen LogP contribution >= 0.6 is 0 Å². The number of carboxylic acid groups (broad SMARTS) is 1. The van der Waals surface area contributed by atoms with Gasteiger partial charge in [-0.2, -0.15) is 0 Å². The fourth-order valence-corrected chi connectivity index (χ4v) is 6.59. The highest BCUT2D eigenvalue weighted by atomic mass is 32.2. The minimum atomic E-state index is -3.40. The van der Waals surface area contributed by atoms with Crippen molar-refractivity contribution in [3.8, 4) is 0 Å². The monoisotopic (exact) mass is 394 g/mol. The lowest BCUT2D eigenvalue weighted by Gasteiger charge is -2.21. The Kier molecular flexibility index (Phi) is 4.96. The van der Waals surface area contributed by atoms with E-state index in [-0.39, 0.29) is 16.3 Å². The summed E-state index contributed by atoms with van der Waals surface area (Å²) in [6.45, 7) is 1.20. The molecule has 2 saturated carbocycles. The van der Waals surface area contributed by atoms with Gasteiger partial charge < -0.3 is 15.3 Å². The van der Waals surface area contributed by atoms with Crippen molar-refractivity contribution in [2.75, 3.05) is 18.4 Å². The maximum atomic E-state index is 12.7. The normalized spacial score (nSPS) is 28.9. The Morgan fingerprint density at radius 1 is 1.07 bits per heavy atom. The molecule has 9 heteroatoms. The summed E-state index contributed by atoms with van der Waals surface area (Å²) >= 11 is 0. The fraction of sp³-hybridized carbons (Fsp3) is 0.722. The Bertz CT molecular complexity index is 778. The standard InChI is InChI=1S/C18H26N4O4S/c23-18(24)22-10-12-8-14(9-13(12)11-22)19-16-6-7-17(21-20-16)27(25,26)15-4-2-1-3-5-15/h6-7,12-15H,1-5,8-11H2,(H,19,20)(H,23,24)/t12-,13+,14?. The van der Waals surface area contributed by atoms with E-state index >= 15 is 0 Å². The second kappa shape index (κ2) is 7.26. The van der Waals surface area contributed by atoms with Crippen LogP contribution in [0.2, 0.25) is 0 Å². The number of hydrogen-bond acceptors (Lipinski definition) is 6. The Balaban J connectivity index is 1.36. The summed E-state index contributed by atoms with van der Waals surface area (Å²) in [5.41, 5.74) is 0. The van der Waals surface area contributed by atoms with Crippen LogP contribution in [0.25, 0.3) is 0 Å². The second-order valence-electron chi connectivity index (χ2n) is 8.08. The van der Waals surface area contributed by atoms with E-state index in [4.69, 9.17) is 5.11 Å². The molecule has 1 aromatic heterocycles. The molecule has 2 aliphatic carbocycles. The molecule has 2 N–H and O–H groups in total. The minimum absolute atomic E-state index is 0.0698. The van der Waals surface area contributed by atoms with Crippen molar-refractivity contribution in [2.45, 2.75) is 61.3 Å². The minimum Gasteiger partial charge on any atom is -0.465 e. The van der Waals surface area contributed by atoms with E-state index in [1.165, 1.54) is 4.90 Å². The molecule has 1 unspecified atom stereocenters. The molecule has 4 rings (SSSR count). The number of sulfone groups is 1. The van der Waals surface area contributed by atoms with Gasteiger partial charge in [0, 0.05) is 19.1 Å². The molecule has 1 aliphatic heterocycles. The summed E-state index contributed by atoms with van der Waals surface area (Å²) in [4.78, 5) is 12.6. The molecule has 3 aliphatic rings. The molecule has 1 aromatic rings. The zero-order chi connectivity index (χ0) is 19.0. The van der Waals surface area contributed by atoms with Gasteiger partial charge in [0.05, 0.1) is 5.25 Å². The summed E-state index contributed by atoms with van der Waals surface area (Å²) in [7, 11) is -3.40. The third kappa shape index (κ3) is 3.74. The van der Waals surface area contributed by atoms with E-state index < -0.39 is 15.9 Å². The van der Waals surface area contributed by atoms with Crippen LogP contribution in [-0.2, 0) is 9.84 Å². The lowest BCUT2D eigenvalue weighted by molar-refractivity contribution is 0.152. The van der Waals surface area contributed by atoms with Crippen molar-refractivity contribution in [3.05, 3.63) is 12.1 Å². The molecule has 0 bridgehead atoms. The van der Waals surface area contributed by atoms with Crippen LogP contribution in [0.15, 0.2) is 17.2 Å². The van der Waals surface area contributed by atoms with Crippen molar-refractivity contribution < 1.29 is 18.3 Å². The van der Waals surface area contributed by atoms with E-state index in [1.54, 1.807) is 12.1 Å². The van der Waals surface area contributed by atoms with Crippen LogP contribution in [-0.4, -0.2) is 59.1 Å². The maximum absolute atomic E-state index is 12.7. The maximum Gasteiger partial charge on any atom is 0.407 e. The fourth-order valence-electron chi connectivity index (χ4n) is 4.88. The first-order valence-corrected chi connectivity index (χ1v) is 11.3. The molecule has 0 aromatic carbocycles. The highest BCUT2D eigenvalue weighted by Gasteiger charge is 2.42.